The maximum absolute atomic E-state index is 12.8. The lowest BCUT2D eigenvalue weighted by Gasteiger charge is -2.31. The second kappa shape index (κ2) is 10.0. The Bertz CT molecular complexity index is 2200. The summed E-state index contributed by atoms with van der Waals surface area (Å²) in [5, 5.41) is 3.85. The van der Waals surface area contributed by atoms with Gasteiger partial charge in [-0.05, 0) is 80.9 Å². The van der Waals surface area contributed by atoms with E-state index < -0.39 is 23.9 Å². The van der Waals surface area contributed by atoms with Crippen molar-refractivity contribution < 1.29 is 38.1 Å². The van der Waals surface area contributed by atoms with Crippen molar-refractivity contribution in [3.8, 4) is 11.5 Å². The molecule has 0 saturated heterocycles. The Kier molecular flexibility index (Phi) is 5.98. The summed E-state index contributed by atoms with van der Waals surface area (Å²) in [6.45, 7) is 2.85. The summed E-state index contributed by atoms with van der Waals surface area (Å²) in [6, 6.07) is 19.7. The SMILES string of the molecule is COC(=O)c1ccc2cc3c(cc2c1)[C@H]1C[C@@H]3c2c(OC(C)=O)c3c(c(OC(C)=O)c21)[C@H]1C[C@@H]3c2cc3ccc(C(=O)OC)cc3cc21. The summed E-state index contributed by atoms with van der Waals surface area (Å²) in [5.41, 5.74) is 9.18. The van der Waals surface area contributed by atoms with Crippen molar-refractivity contribution in [2.75, 3.05) is 14.2 Å². The molecule has 8 nitrogen and oxygen atoms in total. The first-order valence-corrected chi connectivity index (χ1v) is 16.1. The Morgan fingerprint density at radius 2 is 0.833 bits per heavy atom. The molecule has 0 aliphatic heterocycles. The number of esters is 4. The first kappa shape index (κ1) is 28.7. The normalized spacial score (nSPS) is 20.2. The topological polar surface area (TPSA) is 105 Å². The molecule has 4 aliphatic rings. The Balaban J connectivity index is 1.27. The first-order chi connectivity index (χ1) is 23.2. The van der Waals surface area contributed by atoms with Crippen LogP contribution in [-0.2, 0) is 19.1 Å². The van der Waals surface area contributed by atoms with Crippen LogP contribution in [0.5, 0.6) is 11.5 Å². The lowest BCUT2D eigenvalue weighted by molar-refractivity contribution is -0.133. The second-order valence-electron chi connectivity index (χ2n) is 13.3. The zero-order chi connectivity index (χ0) is 33.2. The van der Waals surface area contributed by atoms with Gasteiger partial charge in [0.05, 0.1) is 25.3 Å². The predicted octanol–water partition coefficient (Wildman–Crippen LogP) is 7.38. The molecule has 0 N–H and O–H groups in total. The van der Waals surface area contributed by atoms with E-state index in [9.17, 15) is 19.2 Å². The van der Waals surface area contributed by atoms with Gasteiger partial charge in [0.25, 0.3) is 0 Å². The van der Waals surface area contributed by atoms with E-state index in [-0.39, 0.29) is 23.7 Å². The molecule has 8 heteroatoms. The standard InChI is InChI=1S/C40H30O8/c1-17(41)47-37-33-29-15-31(27-13-23-9-21(39(43)45-3)7-5-19(23)11-25(27)29)35(33)38(48-18(2)42)36-32-16-30(34(36)37)26-12-20-6-8-22(40(44)46-4)10-24(20)14-28(26)32/h5-14,29-32H,15-16H2,1-4H3/t29-,30+,31+,32-. The summed E-state index contributed by atoms with van der Waals surface area (Å²) in [5.74, 6) is -0.692. The first-order valence-electron chi connectivity index (χ1n) is 16.1. The summed E-state index contributed by atoms with van der Waals surface area (Å²) in [6.07, 6.45) is 1.53. The molecule has 0 radical (unpaired) electrons. The molecule has 0 fully saturated rings. The van der Waals surface area contributed by atoms with Crippen LogP contribution in [-0.4, -0.2) is 38.1 Å². The third kappa shape index (κ3) is 3.83. The molecule has 0 unspecified atom stereocenters. The van der Waals surface area contributed by atoms with Gasteiger partial charge in [0.1, 0.15) is 11.5 Å². The number of benzene rings is 5. The fourth-order valence-electron chi connectivity index (χ4n) is 9.11. The fraction of sp³-hybridized carbons (Fsp3) is 0.250. The number of hydrogen-bond donors (Lipinski definition) is 0. The Morgan fingerprint density at radius 1 is 0.500 bits per heavy atom. The number of carbonyl (C=O) groups is 4. The third-order valence-electron chi connectivity index (χ3n) is 10.8. The molecule has 5 aromatic carbocycles. The van der Waals surface area contributed by atoms with Crippen LogP contribution >= 0.6 is 0 Å². The maximum atomic E-state index is 12.8. The van der Waals surface area contributed by atoms with Crippen molar-refractivity contribution in [1.29, 1.82) is 0 Å². The predicted molar refractivity (Wildman–Crippen MR) is 176 cm³/mol. The summed E-state index contributed by atoms with van der Waals surface area (Å²) < 4.78 is 22.3. The molecule has 0 heterocycles. The highest BCUT2D eigenvalue weighted by atomic mass is 16.5. The molecule has 4 bridgehead atoms. The lowest BCUT2D eigenvalue weighted by atomic mass is 9.76. The Hall–Kier alpha value is -5.50. The summed E-state index contributed by atoms with van der Waals surface area (Å²) in [4.78, 5) is 50.2. The van der Waals surface area contributed by atoms with E-state index in [1.54, 1.807) is 12.1 Å². The van der Waals surface area contributed by atoms with Gasteiger partial charge in [-0.25, -0.2) is 9.59 Å². The van der Waals surface area contributed by atoms with Gasteiger partial charge in [0.2, 0.25) is 0 Å². The molecule has 238 valence electrons. The quantitative estimate of drug-likeness (QED) is 0.148. The molecule has 48 heavy (non-hydrogen) atoms. The average Bonchev–Trinajstić information content (AvgIpc) is 3.84. The van der Waals surface area contributed by atoms with Gasteiger partial charge in [-0.3, -0.25) is 9.59 Å². The van der Waals surface area contributed by atoms with Crippen molar-refractivity contribution in [2.24, 2.45) is 0 Å². The molecule has 0 amide bonds. The monoisotopic (exact) mass is 638 g/mol. The smallest absolute Gasteiger partial charge is 0.337 e. The highest BCUT2D eigenvalue weighted by Crippen LogP contribution is 2.69. The van der Waals surface area contributed by atoms with Gasteiger partial charge in [-0.15, -0.1) is 0 Å². The second-order valence-corrected chi connectivity index (χ2v) is 13.3. The molecule has 4 aliphatic carbocycles. The molecular weight excluding hydrogens is 608 g/mol. The molecule has 0 saturated carbocycles. The number of rotatable bonds is 4. The largest absolute Gasteiger partial charge is 0.465 e. The van der Waals surface area contributed by atoms with Crippen molar-refractivity contribution >= 4 is 45.4 Å². The number of ether oxygens (including phenoxy) is 4. The van der Waals surface area contributed by atoms with Gasteiger partial charge >= 0.3 is 23.9 Å². The van der Waals surface area contributed by atoms with Gasteiger partial charge in [0.15, 0.2) is 0 Å². The summed E-state index contributed by atoms with van der Waals surface area (Å²) >= 11 is 0. The minimum Gasteiger partial charge on any atom is -0.465 e. The fourth-order valence-corrected chi connectivity index (χ4v) is 9.11. The van der Waals surface area contributed by atoms with Crippen LogP contribution in [0, 0.1) is 0 Å². The van der Waals surface area contributed by atoms with E-state index in [0.29, 0.717) is 22.6 Å². The van der Waals surface area contributed by atoms with Crippen LogP contribution in [0.15, 0.2) is 60.7 Å². The van der Waals surface area contributed by atoms with Crippen LogP contribution in [0.4, 0.5) is 0 Å². The van der Waals surface area contributed by atoms with Crippen molar-refractivity contribution in [3.63, 3.8) is 0 Å². The van der Waals surface area contributed by atoms with Gasteiger partial charge in [-0.1, -0.05) is 36.4 Å². The van der Waals surface area contributed by atoms with Crippen LogP contribution < -0.4 is 9.47 Å². The van der Waals surface area contributed by atoms with E-state index in [2.05, 4.69) is 24.3 Å². The van der Waals surface area contributed by atoms with Crippen molar-refractivity contribution in [1.82, 2.24) is 0 Å². The zero-order valence-corrected chi connectivity index (χ0v) is 26.8. The average molecular weight is 639 g/mol. The van der Waals surface area contributed by atoms with E-state index in [1.165, 1.54) is 28.1 Å². The van der Waals surface area contributed by atoms with Crippen LogP contribution in [0.3, 0.4) is 0 Å². The third-order valence-corrected chi connectivity index (χ3v) is 10.8. The lowest BCUT2D eigenvalue weighted by Crippen LogP contribution is -2.18. The van der Waals surface area contributed by atoms with Crippen LogP contribution in [0.1, 0.15) is 116 Å². The minimum absolute atomic E-state index is 0.0504. The summed E-state index contributed by atoms with van der Waals surface area (Å²) in [7, 11) is 2.74. The number of methoxy groups -OCH3 is 2. The number of carbonyl (C=O) groups excluding carboxylic acids is 4. The highest BCUT2D eigenvalue weighted by molar-refractivity contribution is 5.98. The van der Waals surface area contributed by atoms with Gasteiger partial charge in [-0.2, -0.15) is 0 Å². The van der Waals surface area contributed by atoms with E-state index in [0.717, 1.165) is 78.9 Å². The van der Waals surface area contributed by atoms with Gasteiger partial charge < -0.3 is 18.9 Å². The maximum Gasteiger partial charge on any atom is 0.337 e. The molecule has 9 rings (SSSR count). The van der Waals surface area contributed by atoms with E-state index >= 15 is 0 Å². The molecule has 5 aromatic rings. The van der Waals surface area contributed by atoms with E-state index in [1.807, 2.05) is 24.3 Å². The van der Waals surface area contributed by atoms with Crippen LogP contribution in [0.2, 0.25) is 0 Å². The Labute approximate surface area is 275 Å². The zero-order valence-electron chi connectivity index (χ0n) is 26.8. The molecule has 4 atom stereocenters. The molecule has 0 spiro atoms. The molecule has 0 aromatic heterocycles. The number of fused-ring (bicyclic) bond motifs is 18. The van der Waals surface area contributed by atoms with Crippen molar-refractivity contribution in [3.05, 3.63) is 116 Å². The van der Waals surface area contributed by atoms with Crippen molar-refractivity contribution in [2.45, 2.75) is 50.4 Å². The number of hydrogen-bond acceptors (Lipinski definition) is 8. The minimum atomic E-state index is -0.409. The highest BCUT2D eigenvalue weighted by Gasteiger charge is 2.53. The van der Waals surface area contributed by atoms with E-state index in [4.69, 9.17) is 18.9 Å². The molecular formula is C40H30O8. The van der Waals surface area contributed by atoms with Crippen LogP contribution in [0.25, 0.3) is 21.5 Å². The Morgan fingerprint density at radius 3 is 1.15 bits per heavy atom. The van der Waals surface area contributed by atoms with Gasteiger partial charge in [0, 0.05) is 59.8 Å².